The zero-order valence-corrected chi connectivity index (χ0v) is 13.6. The number of nitrogens with zero attached hydrogens (tertiary/aromatic N) is 1. The van der Waals surface area contributed by atoms with Crippen molar-refractivity contribution in [1.29, 1.82) is 0 Å². The molecule has 0 atom stereocenters. The second-order valence-electron chi connectivity index (χ2n) is 4.72. The molecule has 0 saturated carbocycles. The number of nitrogens with one attached hydrogen (secondary N) is 1. The number of rotatable bonds is 8. The van der Waals surface area contributed by atoms with E-state index in [-0.39, 0.29) is 6.61 Å². The Kier molecular flexibility index (Phi) is 6.72. The van der Waals surface area contributed by atoms with Crippen LogP contribution in [0.25, 0.3) is 0 Å². The Balaban J connectivity index is 2.06. The van der Waals surface area contributed by atoms with Crippen molar-refractivity contribution in [2.75, 3.05) is 20.3 Å². The van der Waals surface area contributed by atoms with Crippen molar-refractivity contribution < 1.29 is 14.6 Å². The molecule has 0 aliphatic carbocycles. The van der Waals surface area contributed by atoms with Gasteiger partial charge in [0.2, 0.25) is 0 Å². The Bertz CT molecular complexity index is 645. The van der Waals surface area contributed by atoms with Crippen LogP contribution in [0.15, 0.2) is 47.6 Å². The molecular weight excluding hydrogens is 316 g/mol. The minimum atomic E-state index is 0.0371. The third kappa shape index (κ3) is 5.47. The van der Waals surface area contributed by atoms with E-state index >= 15 is 0 Å². The predicted octanol–water partition coefficient (Wildman–Crippen LogP) is 2.84. The molecule has 0 amide bonds. The minimum Gasteiger partial charge on any atom is -0.493 e. The summed E-state index contributed by atoms with van der Waals surface area (Å²) >= 11 is 5.87. The zero-order chi connectivity index (χ0) is 16.5. The highest BCUT2D eigenvalue weighted by Gasteiger charge is 2.06. The summed E-state index contributed by atoms with van der Waals surface area (Å²) < 4.78 is 11.1. The second-order valence-corrected chi connectivity index (χ2v) is 5.15. The largest absolute Gasteiger partial charge is 0.493 e. The number of hydrogen-bond acceptors (Lipinski definition) is 5. The molecule has 2 rings (SSSR count). The van der Waals surface area contributed by atoms with Gasteiger partial charge in [-0.2, -0.15) is 5.10 Å². The van der Waals surface area contributed by atoms with Crippen molar-refractivity contribution >= 4 is 17.8 Å². The van der Waals surface area contributed by atoms with Gasteiger partial charge in [0.05, 0.1) is 26.5 Å². The Hall–Kier alpha value is -2.24. The van der Waals surface area contributed by atoms with E-state index in [1.165, 1.54) is 0 Å². The van der Waals surface area contributed by atoms with E-state index in [9.17, 15) is 0 Å². The van der Waals surface area contributed by atoms with E-state index in [1.54, 1.807) is 13.3 Å². The fraction of sp³-hybridized carbons (Fsp3) is 0.235. The molecule has 0 radical (unpaired) electrons. The summed E-state index contributed by atoms with van der Waals surface area (Å²) in [6, 6.07) is 13.0. The molecule has 5 nitrogen and oxygen atoms in total. The molecule has 0 heterocycles. The van der Waals surface area contributed by atoms with Crippen LogP contribution in [0.2, 0.25) is 5.02 Å². The molecule has 0 spiro atoms. The Morgan fingerprint density at radius 3 is 2.65 bits per heavy atom. The van der Waals surface area contributed by atoms with Gasteiger partial charge in [-0.1, -0.05) is 23.7 Å². The first kappa shape index (κ1) is 17.1. The van der Waals surface area contributed by atoms with Gasteiger partial charge in [0.25, 0.3) is 0 Å². The van der Waals surface area contributed by atoms with Crippen LogP contribution < -0.4 is 14.9 Å². The normalized spacial score (nSPS) is 10.7. The Morgan fingerprint density at radius 1 is 1.17 bits per heavy atom. The standard InChI is InChI=1S/C17H19ClN2O3/c1-22-16-7-4-14(11-20-19-8-9-21)10-17(16)23-12-13-2-5-15(18)6-3-13/h2-7,10-11,19,21H,8-9,12H2,1H3. The third-order valence-electron chi connectivity index (χ3n) is 3.02. The molecule has 0 saturated heterocycles. The lowest BCUT2D eigenvalue weighted by Crippen LogP contribution is -2.11. The van der Waals surface area contributed by atoms with Crippen molar-refractivity contribution in [2.45, 2.75) is 6.61 Å². The van der Waals surface area contributed by atoms with E-state index < -0.39 is 0 Å². The van der Waals surface area contributed by atoms with E-state index in [2.05, 4.69) is 10.5 Å². The molecule has 0 bridgehead atoms. The summed E-state index contributed by atoms with van der Waals surface area (Å²) in [6.45, 7) is 0.860. The fourth-order valence-corrected chi connectivity index (χ4v) is 1.99. The summed E-state index contributed by atoms with van der Waals surface area (Å²) in [4.78, 5) is 0. The van der Waals surface area contributed by atoms with Crippen LogP contribution >= 0.6 is 11.6 Å². The lowest BCUT2D eigenvalue weighted by atomic mass is 10.2. The van der Waals surface area contributed by atoms with Gasteiger partial charge in [-0.25, -0.2) is 0 Å². The molecular formula is C17H19ClN2O3. The number of aliphatic hydroxyl groups is 1. The van der Waals surface area contributed by atoms with Crippen LogP contribution in [-0.4, -0.2) is 31.6 Å². The molecule has 2 N–H and O–H groups in total. The Morgan fingerprint density at radius 2 is 1.96 bits per heavy atom. The molecule has 6 heteroatoms. The molecule has 0 aliphatic rings. The number of hydrazone groups is 1. The molecule has 0 aromatic heterocycles. The topological polar surface area (TPSA) is 63.1 Å². The number of halogens is 1. The molecule has 23 heavy (non-hydrogen) atoms. The molecule has 0 aliphatic heterocycles. The first-order valence-electron chi connectivity index (χ1n) is 7.15. The summed E-state index contributed by atoms with van der Waals surface area (Å²) in [7, 11) is 1.60. The summed E-state index contributed by atoms with van der Waals surface area (Å²) in [6.07, 6.45) is 1.66. The van der Waals surface area contributed by atoms with Crippen molar-refractivity contribution in [2.24, 2.45) is 5.10 Å². The molecule has 0 unspecified atom stereocenters. The maximum atomic E-state index is 8.69. The van der Waals surface area contributed by atoms with Gasteiger partial charge in [0.1, 0.15) is 6.61 Å². The van der Waals surface area contributed by atoms with E-state index in [4.69, 9.17) is 26.2 Å². The third-order valence-corrected chi connectivity index (χ3v) is 3.28. The van der Waals surface area contributed by atoms with Gasteiger partial charge in [-0.15, -0.1) is 0 Å². The van der Waals surface area contributed by atoms with Crippen LogP contribution in [0.4, 0.5) is 0 Å². The summed E-state index contributed by atoms with van der Waals surface area (Å²) in [5.41, 5.74) is 4.61. The number of hydrogen-bond donors (Lipinski definition) is 2. The minimum absolute atomic E-state index is 0.0371. The van der Waals surface area contributed by atoms with E-state index in [1.807, 2.05) is 42.5 Å². The lowest BCUT2D eigenvalue weighted by molar-refractivity contribution is 0.284. The smallest absolute Gasteiger partial charge is 0.162 e. The van der Waals surface area contributed by atoms with Crippen LogP contribution in [0, 0.1) is 0 Å². The Labute approximate surface area is 140 Å². The van der Waals surface area contributed by atoms with Gasteiger partial charge in [0, 0.05) is 5.02 Å². The van der Waals surface area contributed by atoms with Crippen molar-refractivity contribution in [1.82, 2.24) is 5.43 Å². The quantitative estimate of drug-likeness (QED) is 0.442. The van der Waals surface area contributed by atoms with Crippen LogP contribution in [-0.2, 0) is 6.61 Å². The SMILES string of the molecule is COc1ccc(C=NNCCO)cc1OCc1ccc(Cl)cc1. The number of aliphatic hydroxyl groups excluding tert-OH is 1. The maximum Gasteiger partial charge on any atom is 0.162 e. The van der Waals surface area contributed by atoms with Crippen molar-refractivity contribution in [3.63, 3.8) is 0 Å². The van der Waals surface area contributed by atoms with Gasteiger partial charge < -0.3 is 20.0 Å². The number of benzene rings is 2. The second kappa shape index (κ2) is 9.02. The lowest BCUT2D eigenvalue weighted by Gasteiger charge is -2.11. The van der Waals surface area contributed by atoms with Gasteiger partial charge >= 0.3 is 0 Å². The fourth-order valence-electron chi connectivity index (χ4n) is 1.86. The molecule has 122 valence electrons. The van der Waals surface area contributed by atoms with Crippen LogP contribution in [0.1, 0.15) is 11.1 Å². The highest BCUT2D eigenvalue weighted by atomic mass is 35.5. The van der Waals surface area contributed by atoms with Gasteiger partial charge in [0.15, 0.2) is 11.5 Å². The molecule has 2 aromatic rings. The van der Waals surface area contributed by atoms with Crippen molar-refractivity contribution in [3.05, 3.63) is 58.6 Å². The van der Waals surface area contributed by atoms with Crippen molar-refractivity contribution in [3.8, 4) is 11.5 Å². The van der Waals surface area contributed by atoms with E-state index in [0.29, 0.717) is 29.7 Å². The summed E-state index contributed by atoms with van der Waals surface area (Å²) in [5.74, 6) is 1.29. The highest BCUT2D eigenvalue weighted by molar-refractivity contribution is 6.30. The molecule has 0 fully saturated rings. The van der Waals surface area contributed by atoms with Gasteiger partial charge in [-0.3, -0.25) is 0 Å². The predicted molar refractivity (Wildman–Crippen MR) is 91.5 cm³/mol. The van der Waals surface area contributed by atoms with Crippen LogP contribution in [0.5, 0.6) is 11.5 Å². The van der Waals surface area contributed by atoms with E-state index in [0.717, 1.165) is 11.1 Å². The first-order valence-corrected chi connectivity index (χ1v) is 7.53. The zero-order valence-electron chi connectivity index (χ0n) is 12.8. The number of ether oxygens (including phenoxy) is 2. The monoisotopic (exact) mass is 334 g/mol. The maximum absolute atomic E-state index is 8.69. The molecule has 2 aromatic carbocycles. The van der Waals surface area contributed by atoms with Crippen LogP contribution in [0.3, 0.4) is 0 Å². The average Bonchev–Trinajstić information content (AvgIpc) is 2.58. The number of methoxy groups -OCH3 is 1. The first-order chi connectivity index (χ1) is 11.2. The highest BCUT2D eigenvalue weighted by Crippen LogP contribution is 2.28. The van der Waals surface area contributed by atoms with Gasteiger partial charge in [-0.05, 0) is 41.5 Å². The summed E-state index contributed by atoms with van der Waals surface area (Å²) in [5, 5.41) is 13.4. The average molecular weight is 335 g/mol.